The lowest BCUT2D eigenvalue weighted by atomic mass is 10.2. The van der Waals surface area contributed by atoms with Crippen molar-refractivity contribution in [3.8, 4) is 0 Å². The van der Waals surface area contributed by atoms with E-state index in [4.69, 9.17) is 5.73 Å². The van der Waals surface area contributed by atoms with E-state index in [1.54, 1.807) is 32.3 Å². The second-order valence-electron chi connectivity index (χ2n) is 6.56. The lowest BCUT2D eigenvalue weighted by Gasteiger charge is -2.13. The maximum absolute atomic E-state index is 12.3. The predicted molar refractivity (Wildman–Crippen MR) is 118 cm³/mol. The normalized spacial score (nSPS) is 11.8. The van der Waals surface area contributed by atoms with Crippen molar-refractivity contribution in [2.75, 3.05) is 12.4 Å². The highest BCUT2D eigenvalue weighted by atomic mass is 16.1. The van der Waals surface area contributed by atoms with E-state index < -0.39 is 0 Å². The number of carbonyl (C=O) groups is 1. The van der Waals surface area contributed by atoms with Gasteiger partial charge in [0.05, 0.1) is 22.6 Å². The molecule has 2 heterocycles. The number of nitrogens with two attached hydrogens (primary N) is 1. The molecule has 0 aromatic carbocycles. The average molecular weight is 393 g/mol. The maximum atomic E-state index is 12.3. The summed E-state index contributed by atoms with van der Waals surface area (Å²) < 4.78 is 0. The SMILES string of the molecule is CCc1ncccc1Nc1cc(N=C(C=C(C)N)N=C(C)C)ncc1C(=O)NC. The van der Waals surface area contributed by atoms with Crippen molar-refractivity contribution in [3.05, 3.63) is 53.6 Å². The van der Waals surface area contributed by atoms with Crippen LogP contribution in [0.3, 0.4) is 0 Å². The average Bonchev–Trinajstić information content (AvgIpc) is 2.67. The van der Waals surface area contributed by atoms with Gasteiger partial charge in [-0.3, -0.25) is 9.78 Å². The number of allylic oxidation sites excluding steroid dienone is 1. The van der Waals surface area contributed by atoms with Crippen LogP contribution in [0.2, 0.25) is 0 Å². The van der Waals surface area contributed by atoms with Crippen molar-refractivity contribution in [2.24, 2.45) is 15.7 Å². The van der Waals surface area contributed by atoms with Crippen LogP contribution in [-0.2, 0) is 6.42 Å². The van der Waals surface area contributed by atoms with E-state index in [1.807, 2.05) is 32.9 Å². The predicted octanol–water partition coefficient (Wildman–Crippen LogP) is 3.52. The minimum Gasteiger partial charge on any atom is -0.402 e. The quantitative estimate of drug-likeness (QED) is 0.513. The third kappa shape index (κ3) is 6.24. The second-order valence-corrected chi connectivity index (χ2v) is 6.56. The summed E-state index contributed by atoms with van der Waals surface area (Å²) in [7, 11) is 1.57. The van der Waals surface area contributed by atoms with Gasteiger partial charge in [0, 0.05) is 43.0 Å². The third-order valence-electron chi connectivity index (χ3n) is 3.78. The van der Waals surface area contributed by atoms with E-state index in [9.17, 15) is 4.79 Å². The number of carbonyl (C=O) groups excluding carboxylic acids is 1. The molecule has 4 N–H and O–H groups in total. The minimum absolute atomic E-state index is 0.252. The van der Waals surface area contributed by atoms with Crippen LogP contribution < -0.4 is 16.4 Å². The zero-order chi connectivity index (χ0) is 21.4. The summed E-state index contributed by atoms with van der Waals surface area (Å²) in [6, 6.07) is 5.46. The number of pyridine rings is 2. The topological polar surface area (TPSA) is 118 Å². The highest BCUT2D eigenvalue weighted by molar-refractivity contribution is 6.04. The number of amides is 1. The summed E-state index contributed by atoms with van der Waals surface area (Å²) in [5.41, 5.74) is 9.90. The number of rotatable bonds is 6. The van der Waals surface area contributed by atoms with Crippen LogP contribution >= 0.6 is 0 Å². The zero-order valence-corrected chi connectivity index (χ0v) is 17.4. The summed E-state index contributed by atoms with van der Waals surface area (Å²) in [4.78, 5) is 29.9. The first-order valence-corrected chi connectivity index (χ1v) is 9.31. The molecule has 8 heteroatoms. The van der Waals surface area contributed by atoms with Crippen LogP contribution in [0.15, 0.2) is 52.4 Å². The molecule has 0 fully saturated rings. The van der Waals surface area contributed by atoms with Gasteiger partial charge in [-0.05, 0) is 39.3 Å². The first-order valence-electron chi connectivity index (χ1n) is 9.31. The number of nitrogens with one attached hydrogen (secondary N) is 2. The summed E-state index contributed by atoms with van der Waals surface area (Å²) in [6.07, 6.45) is 5.65. The molecule has 0 bridgehead atoms. The molecule has 1 amide bonds. The molecule has 0 aliphatic rings. The molecule has 29 heavy (non-hydrogen) atoms. The van der Waals surface area contributed by atoms with Gasteiger partial charge in [0.25, 0.3) is 5.91 Å². The van der Waals surface area contributed by atoms with Gasteiger partial charge < -0.3 is 16.4 Å². The third-order valence-corrected chi connectivity index (χ3v) is 3.78. The van der Waals surface area contributed by atoms with Gasteiger partial charge >= 0.3 is 0 Å². The van der Waals surface area contributed by atoms with E-state index in [-0.39, 0.29) is 5.91 Å². The smallest absolute Gasteiger partial charge is 0.254 e. The van der Waals surface area contributed by atoms with Crippen molar-refractivity contribution in [2.45, 2.75) is 34.1 Å². The van der Waals surface area contributed by atoms with Crippen LogP contribution in [0.25, 0.3) is 0 Å². The first-order chi connectivity index (χ1) is 13.8. The number of aryl methyl sites for hydroxylation is 1. The van der Waals surface area contributed by atoms with Crippen LogP contribution in [0.5, 0.6) is 0 Å². The molecular weight excluding hydrogens is 366 g/mol. The summed E-state index contributed by atoms with van der Waals surface area (Å²) in [5.74, 6) is 0.587. The fourth-order valence-electron chi connectivity index (χ4n) is 2.54. The molecule has 0 aliphatic carbocycles. The van der Waals surface area contributed by atoms with Gasteiger partial charge in [0.15, 0.2) is 11.7 Å². The number of nitrogens with zero attached hydrogens (tertiary/aromatic N) is 4. The Hall–Kier alpha value is -3.55. The molecule has 0 saturated carbocycles. The van der Waals surface area contributed by atoms with E-state index in [0.717, 1.165) is 23.5 Å². The second kappa shape index (κ2) is 10.1. The van der Waals surface area contributed by atoms with Crippen LogP contribution in [0, 0.1) is 0 Å². The summed E-state index contributed by atoms with van der Waals surface area (Å²) in [6.45, 7) is 7.53. The molecule has 0 spiro atoms. The monoisotopic (exact) mass is 393 g/mol. The molecule has 2 aromatic rings. The number of hydrogen-bond acceptors (Lipinski definition) is 6. The highest BCUT2D eigenvalue weighted by Gasteiger charge is 2.14. The van der Waals surface area contributed by atoms with Gasteiger partial charge in [-0.25, -0.2) is 15.0 Å². The van der Waals surface area contributed by atoms with Crippen LogP contribution in [0.4, 0.5) is 17.2 Å². The molecule has 0 saturated heterocycles. The Morgan fingerprint density at radius 3 is 2.62 bits per heavy atom. The summed E-state index contributed by atoms with van der Waals surface area (Å²) >= 11 is 0. The molecule has 0 radical (unpaired) electrons. The Labute approximate surface area is 171 Å². The lowest BCUT2D eigenvalue weighted by molar-refractivity contribution is 0.0963. The van der Waals surface area contributed by atoms with Crippen LogP contribution in [0.1, 0.15) is 43.7 Å². The van der Waals surface area contributed by atoms with Crippen molar-refractivity contribution in [1.82, 2.24) is 15.3 Å². The van der Waals surface area contributed by atoms with Crippen molar-refractivity contribution < 1.29 is 4.79 Å². The molecule has 0 atom stereocenters. The van der Waals surface area contributed by atoms with Crippen molar-refractivity contribution >= 4 is 34.6 Å². The Bertz CT molecular complexity index is 949. The van der Waals surface area contributed by atoms with E-state index in [2.05, 4.69) is 30.6 Å². The molecule has 0 unspecified atom stereocenters. The van der Waals surface area contributed by atoms with Crippen LogP contribution in [-0.4, -0.2) is 34.5 Å². The largest absolute Gasteiger partial charge is 0.402 e. The summed E-state index contributed by atoms with van der Waals surface area (Å²) in [5, 5.41) is 5.92. The Balaban J connectivity index is 2.56. The molecule has 8 nitrogen and oxygen atoms in total. The van der Waals surface area contributed by atoms with E-state index in [1.165, 1.54) is 6.20 Å². The lowest BCUT2D eigenvalue weighted by Crippen LogP contribution is -2.19. The van der Waals surface area contributed by atoms with Gasteiger partial charge in [-0.15, -0.1) is 0 Å². The van der Waals surface area contributed by atoms with Gasteiger partial charge in [0.1, 0.15) is 0 Å². The first kappa shape index (κ1) is 21.7. The van der Waals surface area contributed by atoms with Gasteiger partial charge in [0.2, 0.25) is 0 Å². The molecule has 152 valence electrons. The fraction of sp³-hybridized carbons (Fsp3) is 0.286. The van der Waals surface area contributed by atoms with Crippen molar-refractivity contribution in [1.29, 1.82) is 0 Å². The van der Waals surface area contributed by atoms with Gasteiger partial charge in [-0.2, -0.15) is 0 Å². The molecule has 2 aromatic heterocycles. The number of aliphatic imine (C=N–C) groups is 2. The van der Waals surface area contributed by atoms with Crippen molar-refractivity contribution in [3.63, 3.8) is 0 Å². The number of anilines is 2. The standard InChI is InChI=1S/C21H27N7O/c1-6-16-17(8-7-9-24-16)27-18-11-19(25-12-15(18)21(29)23-5)28-20(10-14(4)22)26-13(2)3/h7-12H,6,22H2,1-5H3,(H,23,29)(H,25,27). The number of amidine groups is 1. The van der Waals surface area contributed by atoms with Gasteiger partial charge in [-0.1, -0.05) is 6.92 Å². The maximum Gasteiger partial charge on any atom is 0.254 e. The number of aromatic nitrogens is 2. The Morgan fingerprint density at radius 1 is 1.24 bits per heavy atom. The molecular formula is C21H27N7O. The molecule has 0 aliphatic heterocycles. The Kier molecular flexibility index (Phi) is 7.59. The fourth-order valence-corrected chi connectivity index (χ4v) is 2.54. The van der Waals surface area contributed by atoms with E-state index >= 15 is 0 Å². The van der Waals surface area contributed by atoms with E-state index in [0.29, 0.717) is 28.6 Å². The highest BCUT2D eigenvalue weighted by Crippen LogP contribution is 2.26. The molecule has 2 rings (SSSR count). The Morgan fingerprint density at radius 2 is 2.00 bits per heavy atom. The zero-order valence-electron chi connectivity index (χ0n) is 17.4. The minimum atomic E-state index is -0.252. The number of hydrogen-bond donors (Lipinski definition) is 3.